The van der Waals surface area contributed by atoms with Gasteiger partial charge in [-0.1, -0.05) is 24.3 Å². The number of hydrogen-bond donors (Lipinski definition) is 2. The van der Waals surface area contributed by atoms with Crippen molar-refractivity contribution in [2.75, 3.05) is 5.32 Å². The Morgan fingerprint density at radius 2 is 1.75 bits per heavy atom. The quantitative estimate of drug-likeness (QED) is 0.628. The molecule has 8 heteroatoms. The Kier molecular flexibility index (Phi) is 7.17. The van der Waals surface area contributed by atoms with Crippen LogP contribution < -0.4 is 14.2 Å². The van der Waals surface area contributed by atoms with Crippen LogP contribution in [0.4, 0.5) is 10.5 Å². The van der Waals surface area contributed by atoms with E-state index in [0.29, 0.717) is 10.6 Å². The van der Waals surface area contributed by atoms with Gasteiger partial charge in [-0.15, -0.1) is 0 Å². The first kappa shape index (κ1) is 21.4. The Morgan fingerprint density at radius 1 is 1.07 bits per heavy atom. The van der Waals surface area contributed by atoms with Crippen molar-refractivity contribution in [1.82, 2.24) is 0 Å². The number of aliphatic carboxylic acids is 1. The first-order valence-electron chi connectivity index (χ1n) is 8.58. The maximum absolute atomic E-state index is 12.3. The van der Waals surface area contributed by atoms with E-state index < -0.39 is 23.8 Å². The molecule has 0 unspecified atom stereocenters. The monoisotopic (exact) mass is 405 g/mol. The summed E-state index contributed by atoms with van der Waals surface area (Å²) in [6.45, 7) is 6.64. The number of carbonyl (C=O) groups is 2. The van der Waals surface area contributed by atoms with E-state index in [9.17, 15) is 9.59 Å². The van der Waals surface area contributed by atoms with E-state index in [1.54, 1.807) is 51.1 Å². The number of anilines is 1. The first-order chi connectivity index (χ1) is 13.2. The zero-order valence-electron chi connectivity index (χ0n) is 16.1. The molecule has 150 valence electrons. The van der Waals surface area contributed by atoms with Crippen molar-refractivity contribution < 1.29 is 28.4 Å². The molecule has 0 aliphatic rings. The van der Waals surface area contributed by atoms with E-state index in [0.717, 1.165) is 12.0 Å². The van der Waals surface area contributed by atoms with Crippen molar-refractivity contribution in [3.8, 4) is 11.5 Å². The molecule has 28 heavy (non-hydrogen) atoms. The van der Waals surface area contributed by atoms with Crippen molar-refractivity contribution >= 4 is 29.8 Å². The van der Waals surface area contributed by atoms with Crippen molar-refractivity contribution in [3.63, 3.8) is 0 Å². The summed E-state index contributed by atoms with van der Waals surface area (Å²) in [7, 11) is 0. The van der Waals surface area contributed by atoms with Gasteiger partial charge in [-0.2, -0.15) is 0 Å². The number of benzene rings is 2. The fraction of sp³-hybridized carbons (Fsp3) is 0.300. The van der Waals surface area contributed by atoms with Gasteiger partial charge < -0.3 is 18.8 Å². The highest BCUT2D eigenvalue weighted by molar-refractivity contribution is 7.95. The summed E-state index contributed by atoms with van der Waals surface area (Å²) in [6.07, 6.45) is -1.79. The molecule has 0 bridgehead atoms. The molecule has 0 saturated carbocycles. The first-order valence-corrected chi connectivity index (χ1v) is 9.32. The topological polar surface area (TPSA) is 94.1 Å². The summed E-state index contributed by atoms with van der Waals surface area (Å²) in [5, 5.41) is 11.8. The highest BCUT2D eigenvalue weighted by Crippen LogP contribution is 2.37. The lowest BCUT2D eigenvalue weighted by molar-refractivity contribution is -0.144. The number of carboxylic acid groups (broad SMARTS) is 1. The second-order valence-corrected chi connectivity index (χ2v) is 7.61. The van der Waals surface area contributed by atoms with Crippen molar-refractivity contribution in [3.05, 3.63) is 48.5 Å². The zero-order valence-corrected chi connectivity index (χ0v) is 16.9. The van der Waals surface area contributed by atoms with Crippen LogP contribution in [-0.4, -0.2) is 28.9 Å². The van der Waals surface area contributed by atoms with Crippen LogP contribution in [-0.2, 0) is 9.53 Å². The van der Waals surface area contributed by atoms with E-state index in [-0.39, 0.29) is 11.4 Å². The smallest absolute Gasteiger partial charge is 0.412 e. The van der Waals surface area contributed by atoms with Crippen LogP contribution in [0.2, 0.25) is 0 Å². The maximum atomic E-state index is 12.3. The van der Waals surface area contributed by atoms with Gasteiger partial charge in [-0.3, -0.25) is 5.32 Å². The van der Waals surface area contributed by atoms with Gasteiger partial charge in [0.05, 0.1) is 16.9 Å². The molecule has 0 spiro atoms. The van der Waals surface area contributed by atoms with E-state index in [1.807, 2.05) is 18.2 Å². The van der Waals surface area contributed by atoms with Crippen molar-refractivity contribution in [2.24, 2.45) is 0 Å². The Morgan fingerprint density at radius 3 is 2.36 bits per heavy atom. The third-order valence-electron chi connectivity index (χ3n) is 3.24. The Balaban J connectivity index is 2.28. The second-order valence-electron chi connectivity index (χ2n) is 6.83. The molecule has 2 rings (SSSR count). The molecule has 0 aliphatic heterocycles. The molecule has 0 heterocycles. The standard InChI is InChI=1S/C20H23NO6S/c1-13(18(22)23)25-15-11-8-12-16(28-27-14-9-6-5-7-10-14)17(15)21-19(24)26-20(2,3)4/h5-13H,1-4H3,(H,21,24)(H,22,23)/t13-/m1/s1. The van der Waals surface area contributed by atoms with E-state index >= 15 is 0 Å². The third kappa shape index (κ3) is 6.70. The van der Waals surface area contributed by atoms with Crippen LogP contribution in [0, 0.1) is 0 Å². The van der Waals surface area contributed by atoms with Gasteiger partial charge in [0.2, 0.25) is 0 Å². The number of carbonyl (C=O) groups excluding carboxylic acids is 1. The molecule has 0 saturated heterocycles. The number of hydrogen-bond acceptors (Lipinski definition) is 6. The fourth-order valence-electron chi connectivity index (χ4n) is 2.02. The average molecular weight is 405 g/mol. The molecule has 0 fully saturated rings. The number of ether oxygens (including phenoxy) is 2. The summed E-state index contributed by atoms with van der Waals surface area (Å²) < 4.78 is 16.5. The molecular formula is C20H23NO6S. The lowest BCUT2D eigenvalue weighted by atomic mass is 10.2. The van der Waals surface area contributed by atoms with Gasteiger partial charge in [0.15, 0.2) is 6.10 Å². The van der Waals surface area contributed by atoms with Crippen molar-refractivity contribution in [2.45, 2.75) is 44.3 Å². The summed E-state index contributed by atoms with van der Waals surface area (Å²) in [5.74, 6) is -0.301. The number of para-hydroxylation sites is 2. The minimum absolute atomic E-state index is 0.197. The van der Waals surface area contributed by atoms with Gasteiger partial charge in [0.1, 0.15) is 22.8 Å². The molecule has 0 aliphatic carbocycles. The predicted molar refractivity (Wildman–Crippen MR) is 107 cm³/mol. The van der Waals surface area contributed by atoms with Crippen LogP contribution in [0.25, 0.3) is 0 Å². The van der Waals surface area contributed by atoms with Gasteiger partial charge in [-0.25, -0.2) is 9.59 Å². The number of carboxylic acids is 1. The third-order valence-corrected chi connectivity index (χ3v) is 4.03. The van der Waals surface area contributed by atoms with Crippen LogP contribution in [0.1, 0.15) is 27.7 Å². The molecule has 2 aromatic rings. The van der Waals surface area contributed by atoms with Gasteiger partial charge >= 0.3 is 12.1 Å². The second kappa shape index (κ2) is 9.36. The minimum atomic E-state index is -1.12. The Hall–Kier alpha value is -2.87. The van der Waals surface area contributed by atoms with Gasteiger partial charge in [-0.05, 0) is 52.0 Å². The van der Waals surface area contributed by atoms with Gasteiger partial charge in [0.25, 0.3) is 0 Å². The number of nitrogens with one attached hydrogen (secondary N) is 1. The van der Waals surface area contributed by atoms with Gasteiger partial charge in [0, 0.05) is 0 Å². The summed E-state index contributed by atoms with van der Waals surface area (Å²) in [5.41, 5.74) is -0.423. The molecule has 1 amide bonds. The molecule has 2 aromatic carbocycles. The SMILES string of the molecule is C[C@@H](Oc1cccc(SOc2ccccc2)c1NC(=O)OC(C)(C)C)C(=O)O. The van der Waals surface area contributed by atoms with Crippen LogP contribution >= 0.6 is 12.0 Å². The molecule has 7 nitrogen and oxygen atoms in total. The Labute approximate surface area is 168 Å². The van der Waals surface area contributed by atoms with Crippen LogP contribution in [0.5, 0.6) is 11.5 Å². The van der Waals surface area contributed by atoms with Crippen LogP contribution in [0.15, 0.2) is 53.4 Å². The zero-order chi connectivity index (χ0) is 20.7. The number of rotatable bonds is 7. The molecular weight excluding hydrogens is 382 g/mol. The summed E-state index contributed by atoms with van der Waals surface area (Å²) in [4.78, 5) is 24.0. The van der Waals surface area contributed by atoms with Crippen LogP contribution in [0.3, 0.4) is 0 Å². The molecule has 1 atom stereocenters. The maximum Gasteiger partial charge on any atom is 0.412 e. The highest BCUT2D eigenvalue weighted by atomic mass is 32.2. The highest BCUT2D eigenvalue weighted by Gasteiger charge is 2.22. The molecule has 0 radical (unpaired) electrons. The molecule has 2 N–H and O–H groups in total. The summed E-state index contributed by atoms with van der Waals surface area (Å²) in [6, 6.07) is 14.1. The normalized spacial score (nSPS) is 12.0. The molecule has 0 aromatic heterocycles. The minimum Gasteiger partial charge on any atom is -0.479 e. The van der Waals surface area contributed by atoms with E-state index in [4.69, 9.17) is 18.8 Å². The Bertz CT molecular complexity index is 819. The lowest BCUT2D eigenvalue weighted by Crippen LogP contribution is -2.28. The predicted octanol–water partition coefficient (Wildman–Crippen LogP) is 4.97. The van der Waals surface area contributed by atoms with E-state index in [1.165, 1.54) is 6.92 Å². The summed E-state index contributed by atoms with van der Waals surface area (Å²) >= 11 is 1.01. The van der Waals surface area contributed by atoms with Crippen molar-refractivity contribution in [1.29, 1.82) is 0 Å². The average Bonchev–Trinajstić information content (AvgIpc) is 2.61. The van der Waals surface area contributed by atoms with E-state index in [2.05, 4.69) is 5.32 Å². The largest absolute Gasteiger partial charge is 0.479 e. The number of amides is 1. The lowest BCUT2D eigenvalue weighted by Gasteiger charge is -2.22. The fourth-order valence-corrected chi connectivity index (χ4v) is 2.68.